The van der Waals surface area contributed by atoms with E-state index in [9.17, 15) is 4.79 Å². The summed E-state index contributed by atoms with van der Waals surface area (Å²) in [7, 11) is 0. The summed E-state index contributed by atoms with van der Waals surface area (Å²) in [6.07, 6.45) is 2.23. The fourth-order valence-corrected chi connectivity index (χ4v) is 1.36. The van der Waals surface area contributed by atoms with E-state index in [1.165, 1.54) is 0 Å². The molecule has 3 heteroatoms. The molecule has 0 fully saturated rings. The van der Waals surface area contributed by atoms with Gasteiger partial charge in [-0.15, -0.1) is 0 Å². The molecule has 0 heterocycles. The number of rotatable bonds is 7. The highest BCUT2D eigenvalue weighted by Crippen LogP contribution is 2.14. The number of unbranched alkanes of at least 4 members (excludes halogenated alkanes) is 1. The average Bonchev–Trinajstić information content (AvgIpc) is 2.10. The third-order valence-electron chi connectivity index (χ3n) is 2.78. The number of nitrogens with two attached hydrogens (primary N) is 1. The molecule has 0 aliphatic rings. The molecule has 3 nitrogen and oxygen atoms in total. The maximum absolute atomic E-state index is 11.2. The lowest BCUT2D eigenvalue weighted by atomic mass is 9.90. The molecule has 0 saturated heterocycles. The summed E-state index contributed by atoms with van der Waals surface area (Å²) in [6, 6.07) is -0.179. The summed E-state index contributed by atoms with van der Waals surface area (Å²) in [5.41, 5.74) is 5.36. The van der Waals surface area contributed by atoms with Crippen molar-refractivity contribution >= 4 is 5.91 Å². The summed E-state index contributed by atoms with van der Waals surface area (Å²) in [5, 5.41) is 3.23. The van der Waals surface area contributed by atoms with Gasteiger partial charge in [-0.25, -0.2) is 0 Å². The Morgan fingerprint density at radius 1 is 1.36 bits per heavy atom. The Bertz CT molecular complexity index is 169. The van der Waals surface area contributed by atoms with Crippen LogP contribution in [0.4, 0.5) is 0 Å². The van der Waals surface area contributed by atoms with Gasteiger partial charge in [-0.05, 0) is 24.8 Å². The average molecular weight is 200 g/mol. The summed E-state index contributed by atoms with van der Waals surface area (Å²) in [5.74, 6) is 0.535. The number of carbonyl (C=O) groups excluding carboxylic acids is 1. The molecule has 1 amide bonds. The summed E-state index contributed by atoms with van der Waals surface area (Å²) in [4.78, 5) is 11.2. The van der Waals surface area contributed by atoms with Crippen molar-refractivity contribution in [2.45, 2.75) is 46.6 Å². The van der Waals surface area contributed by atoms with E-state index in [2.05, 4.69) is 33.0 Å². The van der Waals surface area contributed by atoms with Crippen molar-refractivity contribution in [3.8, 4) is 0 Å². The number of amides is 1. The molecule has 0 rings (SSSR count). The molecule has 0 aromatic carbocycles. The molecule has 0 saturated carbocycles. The monoisotopic (exact) mass is 200 g/mol. The van der Waals surface area contributed by atoms with Crippen LogP contribution in [0.3, 0.4) is 0 Å². The largest absolute Gasteiger partial charge is 0.368 e. The molecular weight excluding hydrogens is 176 g/mol. The lowest BCUT2D eigenvalue weighted by Gasteiger charge is -2.25. The molecule has 0 aliphatic carbocycles. The van der Waals surface area contributed by atoms with Gasteiger partial charge < -0.3 is 11.1 Å². The van der Waals surface area contributed by atoms with Gasteiger partial charge >= 0.3 is 0 Å². The smallest absolute Gasteiger partial charge is 0.234 e. The standard InChI is InChI=1S/C11H24N2O/c1-5-6-7-13-10(11(12)14)9(4)8(2)3/h8-10,13H,5-7H2,1-4H3,(H2,12,14)/t9?,10-/m1/s1. The van der Waals surface area contributed by atoms with Crippen LogP contribution in [0.15, 0.2) is 0 Å². The second-order valence-electron chi connectivity index (χ2n) is 4.29. The van der Waals surface area contributed by atoms with Gasteiger partial charge in [0.05, 0.1) is 6.04 Å². The van der Waals surface area contributed by atoms with Gasteiger partial charge in [0, 0.05) is 0 Å². The molecule has 84 valence electrons. The van der Waals surface area contributed by atoms with Gasteiger partial charge in [0.2, 0.25) is 5.91 Å². The number of nitrogens with one attached hydrogen (secondary N) is 1. The summed E-state index contributed by atoms with van der Waals surface area (Å²) >= 11 is 0. The molecule has 14 heavy (non-hydrogen) atoms. The predicted molar refractivity (Wildman–Crippen MR) is 59.9 cm³/mol. The van der Waals surface area contributed by atoms with Gasteiger partial charge in [-0.3, -0.25) is 4.79 Å². The van der Waals surface area contributed by atoms with E-state index in [1.54, 1.807) is 0 Å². The SMILES string of the molecule is CCCCN[C@@H](C(N)=O)C(C)C(C)C. The first-order valence-corrected chi connectivity index (χ1v) is 5.53. The minimum Gasteiger partial charge on any atom is -0.368 e. The zero-order valence-corrected chi connectivity index (χ0v) is 9.84. The quantitative estimate of drug-likeness (QED) is 0.612. The number of hydrogen-bond acceptors (Lipinski definition) is 2. The van der Waals surface area contributed by atoms with Crippen LogP contribution in [0.25, 0.3) is 0 Å². The van der Waals surface area contributed by atoms with Crippen LogP contribution in [0.5, 0.6) is 0 Å². The van der Waals surface area contributed by atoms with Gasteiger partial charge in [-0.2, -0.15) is 0 Å². The fraction of sp³-hybridized carbons (Fsp3) is 0.909. The molecule has 3 N–H and O–H groups in total. The Labute approximate surface area is 87.4 Å². The summed E-state index contributed by atoms with van der Waals surface area (Å²) < 4.78 is 0. The molecule has 0 bridgehead atoms. The Morgan fingerprint density at radius 2 is 1.93 bits per heavy atom. The van der Waals surface area contributed by atoms with E-state index in [0.29, 0.717) is 11.8 Å². The van der Waals surface area contributed by atoms with E-state index < -0.39 is 0 Å². The van der Waals surface area contributed by atoms with Gasteiger partial charge in [0.1, 0.15) is 0 Å². The lowest BCUT2D eigenvalue weighted by Crippen LogP contribution is -2.47. The second kappa shape index (κ2) is 6.82. The van der Waals surface area contributed by atoms with Crippen LogP contribution < -0.4 is 11.1 Å². The van der Waals surface area contributed by atoms with Crippen molar-refractivity contribution in [2.75, 3.05) is 6.54 Å². The molecule has 2 atom stereocenters. The third kappa shape index (κ3) is 4.61. The molecule has 0 spiro atoms. The zero-order chi connectivity index (χ0) is 11.1. The molecule has 0 radical (unpaired) electrons. The van der Waals surface area contributed by atoms with E-state index in [4.69, 9.17) is 5.73 Å². The van der Waals surface area contributed by atoms with Crippen molar-refractivity contribution in [1.29, 1.82) is 0 Å². The van der Waals surface area contributed by atoms with Gasteiger partial charge in [0.25, 0.3) is 0 Å². The minimum absolute atomic E-state index is 0.179. The second-order valence-corrected chi connectivity index (χ2v) is 4.29. The Kier molecular flexibility index (Phi) is 6.54. The highest BCUT2D eigenvalue weighted by molar-refractivity contribution is 5.80. The molecule has 0 aromatic rings. The first-order valence-electron chi connectivity index (χ1n) is 5.53. The highest BCUT2D eigenvalue weighted by Gasteiger charge is 2.24. The number of hydrogen-bond donors (Lipinski definition) is 2. The van der Waals surface area contributed by atoms with Crippen molar-refractivity contribution < 1.29 is 4.79 Å². The Morgan fingerprint density at radius 3 is 2.29 bits per heavy atom. The van der Waals surface area contributed by atoms with Crippen molar-refractivity contribution in [2.24, 2.45) is 17.6 Å². The third-order valence-corrected chi connectivity index (χ3v) is 2.78. The minimum atomic E-state index is -0.234. The van der Waals surface area contributed by atoms with Crippen molar-refractivity contribution in [3.63, 3.8) is 0 Å². The molecule has 0 aromatic heterocycles. The van der Waals surface area contributed by atoms with Crippen LogP contribution in [0.1, 0.15) is 40.5 Å². The highest BCUT2D eigenvalue weighted by atomic mass is 16.1. The van der Waals surface area contributed by atoms with Crippen molar-refractivity contribution in [1.82, 2.24) is 5.32 Å². The van der Waals surface area contributed by atoms with E-state index in [-0.39, 0.29) is 11.9 Å². The topological polar surface area (TPSA) is 55.1 Å². The zero-order valence-electron chi connectivity index (χ0n) is 9.84. The first kappa shape index (κ1) is 13.4. The molecule has 1 unspecified atom stereocenters. The molecule has 0 aliphatic heterocycles. The first-order chi connectivity index (χ1) is 6.50. The van der Waals surface area contributed by atoms with Gasteiger partial charge in [-0.1, -0.05) is 34.1 Å². The Balaban J connectivity index is 4.08. The van der Waals surface area contributed by atoms with Crippen LogP contribution in [0.2, 0.25) is 0 Å². The van der Waals surface area contributed by atoms with E-state index in [1.807, 2.05) is 0 Å². The summed E-state index contributed by atoms with van der Waals surface area (Å²) in [6.45, 7) is 9.30. The van der Waals surface area contributed by atoms with Crippen LogP contribution in [0, 0.1) is 11.8 Å². The normalized spacial score (nSPS) is 15.5. The maximum Gasteiger partial charge on any atom is 0.234 e. The maximum atomic E-state index is 11.2. The van der Waals surface area contributed by atoms with Gasteiger partial charge in [0.15, 0.2) is 0 Å². The van der Waals surface area contributed by atoms with Crippen LogP contribution >= 0.6 is 0 Å². The Hall–Kier alpha value is -0.570. The predicted octanol–water partition coefficient (Wildman–Crippen LogP) is 1.52. The van der Waals surface area contributed by atoms with Crippen molar-refractivity contribution in [3.05, 3.63) is 0 Å². The van der Waals surface area contributed by atoms with E-state index in [0.717, 1.165) is 19.4 Å². The lowest BCUT2D eigenvalue weighted by molar-refractivity contribution is -0.121. The van der Waals surface area contributed by atoms with Crippen LogP contribution in [-0.2, 0) is 4.79 Å². The van der Waals surface area contributed by atoms with E-state index >= 15 is 0 Å². The molecular formula is C11H24N2O. The van der Waals surface area contributed by atoms with Crippen LogP contribution in [-0.4, -0.2) is 18.5 Å². The number of carbonyl (C=O) groups is 1. The fourth-order valence-electron chi connectivity index (χ4n) is 1.36. The number of primary amides is 1.